The van der Waals surface area contributed by atoms with Crippen molar-refractivity contribution in [3.63, 3.8) is 0 Å². The van der Waals surface area contributed by atoms with E-state index in [0.29, 0.717) is 18.7 Å². The second kappa shape index (κ2) is 8.33. The van der Waals surface area contributed by atoms with Crippen LogP contribution in [-0.2, 0) is 11.3 Å². The van der Waals surface area contributed by atoms with Crippen LogP contribution in [0.25, 0.3) is 10.8 Å². The number of carbonyl (C=O) groups excluding carboxylic acids is 1. The van der Waals surface area contributed by atoms with Crippen molar-refractivity contribution < 1.29 is 9.53 Å². The van der Waals surface area contributed by atoms with Gasteiger partial charge < -0.3 is 10.1 Å². The van der Waals surface area contributed by atoms with E-state index in [0.717, 1.165) is 30.4 Å². The van der Waals surface area contributed by atoms with Crippen molar-refractivity contribution in [3.05, 3.63) is 83.9 Å². The van der Waals surface area contributed by atoms with Crippen molar-refractivity contribution in [3.8, 4) is 0 Å². The lowest BCUT2D eigenvalue weighted by atomic mass is 10.1. The van der Waals surface area contributed by atoms with Crippen molar-refractivity contribution in [1.82, 2.24) is 10.2 Å². The van der Waals surface area contributed by atoms with Gasteiger partial charge in [0, 0.05) is 31.7 Å². The van der Waals surface area contributed by atoms with Crippen LogP contribution >= 0.6 is 0 Å². The summed E-state index contributed by atoms with van der Waals surface area (Å²) in [6, 6.07) is 24.3. The van der Waals surface area contributed by atoms with Gasteiger partial charge in [0.25, 0.3) is 5.91 Å². The molecule has 0 bridgehead atoms. The molecule has 0 spiro atoms. The summed E-state index contributed by atoms with van der Waals surface area (Å²) < 4.78 is 5.85. The third-order valence-corrected chi connectivity index (χ3v) is 4.97. The molecule has 1 fully saturated rings. The fraction of sp³-hybridized carbons (Fsp3) is 0.261. The molecule has 0 aliphatic carbocycles. The molecule has 0 saturated carbocycles. The third-order valence-electron chi connectivity index (χ3n) is 4.97. The summed E-state index contributed by atoms with van der Waals surface area (Å²) in [5, 5.41) is 5.24. The van der Waals surface area contributed by atoms with Gasteiger partial charge in [-0.15, -0.1) is 0 Å². The first-order chi connectivity index (χ1) is 13.3. The number of ether oxygens (including phenoxy) is 1. The smallest absolute Gasteiger partial charge is 0.251 e. The number of hydrogen-bond acceptors (Lipinski definition) is 3. The van der Waals surface area contributed by atoms with Crippen LogP contribution in [0.15, 0.2) is 72.8 Å². The third kappa shape index (κ3) is 4.54. The molecule has 1 amide bonds. The molecule has 1 heterocycles. The van der Waals surface area contributed by atoms with Crippen LogP contribution in [0.4, 0.5) is 0 Å². The largest absolute Gasteiger partial charge is 0.374 e. The number of benzene rings is 3. The summed E-state index contributed by atoms with van der Waals surface area (Å²) in [6.45, 7) is 3.89. The van der Waals surface area contributed by atoms with Crippen LogP contribution in [-0.4, -0.2) is 43.2 Å². The normalized spacial score (nSPS) is 17.7. The van der Waals surface area contributed by atoms with Crippen molar-refractivity contribution in [2.24, 2.45) is 0 Å². The van der Waals surface area contributed by atoms with Gasteiger partial charge >= 0.3 is 0 Å². The molecule has 138 valence electrons. The van der Waals surface area contributed by atoms with E-state index in [9.17, 15) is 4.79 Å². The predicted octanol–water partition coefficient (Wildman–Crippen LogP) is 3.47. The molecular weight excluding hydrogens is 336 g/mol. The number of fused-ring (bicyclic) bond motifs is 1. The zero-order chi connectivity index (χ0) is 18.5. The van der Waals surface area contributed by atoms with Gasteiger partial charge in [0.1, 0.15) is 0 Å². The molecule has 1 saturated heterocycles. The Balaban J connectivity index is 1.32. The molecule has 1 atom stereocenters. The molecule has 27 heavy (non-hydrogen) atoms. The Morgan fingerprint density at radius 2 is 1.78 bits per heavy atom. The van der Waals surface area contributed by atoms with Crippen molar-refractivity contribution in [1.29, 1.82) is 0 Å². The number of carbonyl (C=O) groups is 1. The van der Waals surface area contributed by atoms with Gasteiger partial charge in [-0.25, -0.2) is 0 Å². The predicted molar refractivity (Wildman–Crippen MR) is 108 cm³/mol. The zero-order valence-electron chi connectivity index (χ0n) is 15.3. The maximum atomic E-state index is 12.5. The lowest BCUT2D eigenvalue weighted by Crippen LogP contribution is -2.47. The molecule has 0 aromatic heterocycles. The Hall–Kier alpha value is -2.69. The molecule has 1 unspecified atom stereocenters. The fourth-order valence-electron chi connectivity index (χ4n) is 3.53. The topological polar surface area (TPSA) is 41.6 Å². The quantitative estimate of drug-likeness (QED) is 0.757. The van der Waals surface area contributed by atoms with E-state index in [4.69, 9.17) is 4.74 Å². The fourth-order valence-corrected chi connectivity index (χ4v) is 3.53. The number of amides is 1. The maximum Gasteiger partial charge on any atom is 0.251 e. The summed E-state index contributed by atoms with van der Waals surface area (Å²) in [7, 11) is 0. The molecule has 1 aliphatic heterocycles. The molecular formula is C23H24N2O2. The molecule has 4 rings (SSSR count). The average molecular weight is 360 g/mol. The number of nitrogens with zero attached hydrogens (tertiary/aromatic N) is 1. The molecule has 1 aliphatic rings. The highest BCUT2D eigenvalue weighted by Crippen LogP contribution is 2.16. The SMILES string of the molecule is O=C(NCC1CN(Cc2ccccc2)CCO1)c1ccc2ccccc2c1. The number of hydrogen-bond donors (Lipinski definition) is 1. The minimum atomic E-state index is -0.0514. The van der Waals surface area contributed by atoms with Crippen molar-refractivity contribution in [2.75, 3.05) is 26.2 Å². The van der Waals surface area contributed by atoms with E-state index in [1.807, 2.05) is 48.5 Å². The van der Waals surface area contributed by atoms with E-state index >= 15 is 0 Å². The highest BCUT2D eigenvalue weighted by atomic mass is 16.5. The Labute approximate surface area is 159 Å². The van der Waals surface area contributed by atoms with Gasteiger partial charge in [-0.2, -0.15) is 0 Å². The van der Waals surface area contributed by atoms with E-state index in [1.165, 1.54) is 5.56 Å². The standard InChI is InChI=1S/C23H24N2O2/c26-23(21-11-10-19-8-4-5-9-20(19)14-21)24-15-22-17-25(12-13-27-22)16-18-6-2-1-3-7-18/h1-11,14,22H,12-13,15-17H2,(H,24,26). The minimum absolute atomic E-state index is 0.0202. The van der Waals surface area contributed by atoms with Gasteiger partial charge in [-0.05, 0) is 28.5 Å². The van der Waals surface area contributed by atoms with E-state index in [2.05, 4.69) is 34.5 Å². The first-order valence-electron chi connectivity index (χ1n) is 9.43. The van der Waals surface area contributed by atoms with Crippen LogP contribution in [0.3, 0.4) is 0 Å². The van der Waals surface area contributed by atoms with Crippen LogP contribution in [0.1, 0.15) is 15.9 Å². The van der Waals surface area contributed by atoms with E-state index in [-0.39, 0.29) is 12.0 Å². The molecule has 4 nitrogen and oxygen atoms in total. The lowest BCUT2D eigenvalue weighted by molar-refractivity contribution is -0.0292. The van der Waals surface area contributed by atoms with Gasteiger partial charge in [-0.3, -0.25) is 9.69 Å². The molecule has 4 heteroatoms. The summed E-state index contributed by atoms with van der Waals surface area (Å²) in [5.41, 5.74) is 1.99. The zero-order valence-corrected chi connectivity index (χ0v) is 15.3. The summed E-state index contributed by atoms with van der Waals surface area (Å²) in [6.07, 6.45) is 0.0202. The van der Waals surface area contributed by atoms with Crippen LogP contribution in [0.2, 0.25) is 0 Å². The Morgan fingerprint density at radius 3 is 2.63 bits per heavy atom. The lowest BCUT2D eigenvalue weighted by Gasteiger charge is -2.33. The number of morpholine rings is 1. The highest BCUT2D eigenvalue weighted by molar-refractivity contribution is 5.98. The molecule has 3 aromatic carbocycles. The Bertz CT molecular complexity index is 910. The Kier molecular flexibility index (Phi) is 5.47. The first-order valence-corrected chi connectivity index (χ1v) is 9.43. The molecule has 1 N–H and O–H groups in total. The van der Waals surface area contributed by atoms with Crippen molar-refractivity contribution in [2.45, 2.75) is 12.6 Å². The number of nitrogens with one attached hydrogen (secondary N) is 1. The van der Waals surface area contributed by atoms with Gasteiger partial charge in [0.15, 0.2) is 0 Å². The van der Waals surface area contributed by atoms with Crippen LogP contribution in [0.5, 0.6) is 0 Å². The Morgan fingerprint density at radius 1 is 1.00 bits per heavy atom. The average Bonchev–Trinajstić information content (AvgIpc) is 2.73. The van der Waals surface area contributed by atoms with E-state index in [1.54, 1.807) is 0 Å². The minimum Gasteiger partial charge on any atom is -0.374 e. The van der Waals surface area contributed by atoms with Gasteiger partial charge in [0.05, 0.1) is 12.7 Å². The molecule has 3 aromatic rings. The maximum absolute atomic E-state index is 12.5. The summed E-state index contributed by atoms with van der Waals surface area (Å²) >= 11 is 0. The monoisotopic (exact) mass is 360 g/mol. The van der Waals surface area contributed by atoms with Crippen LogP contribution in [0, 0.1) is 0 Å². The number of rotatable bonds is 5. The second-order valence-corrected chi connectivity index (χ2v) is 6.99. The van der Waals surface area contributed by atoms with Crippen molar-refractivity contribution >= 4 is 16.7 Å². The molecule has 0 radical (unpaired) electrons. The van der Waals surface area contributed by atoms with Gasteiger partial charge in [0.2, 0.25) is 0 Å². The van der Waals surface area contributed by atoms with E-state index < -0.39 is 0 Å². The van der Waals surface area contributed by atoms with Crippen LogP contribution < -0.4 is 5.32 Å². The summed E-state index contributed by atoms with van der Waals surface area (Å²) in [4.78, 5) is 14.9. The summed E-state index contributed by atoms with van der Waals surface area (Å²) in [5.74, 6) is -0.0514. The first kappa shape index (κ1) is 17.7. The second-order valence-electron chi connectivity index (χ2n) is 6.99. The highest BCUT2D eigenvalue weighted by Gasteiger charge is 2.21. The van der Waals surface area contributed by atoms with Gasteiger partial charge in [-0.1, -0.05) is 60.7 Å².